The molecule has 0 aliphatic heterocycles. The molecule has 0 atom stereocenters. The highest BCUT2D eigenvalue weighted by Crippen LogP contribution is 2.18. The van der Waals surface area contributed by atoms with Crippen LogP contribution in [-0.2, 0) is 16.6 Å². The Morgan fingerprint density at radius 3 is 2.54 bits per heavy atom. The summed E-state index contributed by atoms with van der Waals surface area (Å²) in [6.45, 7) is 0.304. The van der Waals surface area contributed by atoms with Crippen LogP contribution in [0.4, 0.5) is 0 Å². The molecular formula is C22H20N2O3S. The fourth-order valence-electron chi connectivity index (χ4n) is 2.92. The first-order chi connectivity index (χ1) is 13.4. The predicted octanol–water partition coefficient (Wildman–Crippen LogP) is 3.02. The van der Waals surface area contributed by atoms with Crippen molar-refractivity contribution in [3.63, 3.8) is 0 Å². The number of nitrogens with one attached hydrogen (secondary N) is 1. The molecule has 1 N–H and O–H groups in total. The van der Waals surface area contributed by atoms with E-state index in [0.717, 1.165) is 16.3 Å². The molecule has 142 valence electrons. The van der Waals surface area contributed by atoms with E-state index in [0.29, 0.717) is 12.1 Å². The van der Waals surface area contributed by atoms with Crippen molar-refractivity contribution in [2.24, 2.45) is 0 Å². The fourth-order valence-corrected chi connectivity index (χ4v) is 3.90. The number of hydrogen-bond acceptors (Lipinski definition) is 3. The monoisotopic (exact) mass is 392 g/mol. The molecule has 0 aliphatic carbocycles. The molecule has 0 aliphatic rings. The number of hydrogen-bond donors (Lipinski definition) is 1. The molecule has 0 bridgehead atoms. The second kappa shape index (κ2) is 8.26. The normalized spacial score (nSPS) is 11.1. The van der Waals surface area contributed by atoms with E-state index in [-0.39, 0.29) is 17.3 Å². The molecule has 3 aromatic rings. The number of carbonyl (C=O) groups excluding carboxylic acids is 1. The van der Waals surface area contributed by atoms with Crippen molar-refractivity contribution >= 4 is 26.7 Å². The van der Waals surface area contributed by atoms with E-state index in [4.69, 9.17) is 6.42 Å². The van der Waals surface area contributed by atoms with Crippen LogP contribution in [0.1, 0.15) is 15.9 Å². The highest BCUT2D eigenvalue weighted by molar-refractivity contribution is 7.89. The lowest BCUT2D eigenvalue weighted by molar-refractivity contribution is 0.0785. The number of rotatable bonds is 6. The van der Waals surface area contributed by atoms with Crippen LogP contribution >= 0.6 is 0 Å². The lowest BCUT2D eigenvalue weighted by Gasteiger charge is -2.18. The van der Waals surface area contributed by atoms with Crippen LogP contribution < -0.4 is 4.72 Å². The van der Waals surface area contributed by atoms with Gasteiger partial charge in [0.25, 0.3) is 5.91 Å². The maximum atomic E-state index is 12.8. The molecule has 6 heteroatoms. The number of amides is 1. The van der Waals surface area contributed by atoms with E-state index in [1.807, 2.05) is 42.5 Å². The van der Waals surface area contributed by atoms with E-state index >= 15 is 0 Å². The maximum absolute atomic E-state index is 12.8. The quantitative estimate of drug-likeness (QED) is 0.656. The average Bonchev–Trinajstić information content (AvgIpc) is 2.71. The van der Waals surface area contributed by atoms with Crippen LogP contribution in [0.25, 0.3) is 10.8 Å². The molecule has 5 nitrogen and oxygen atoms in total. The number of benzene rings is 3. The van der Waals surface area contributed by atoms with Gasteiger partial charge in [0.05, 0.1) is 11.4 Å². The summed E-state index contributed by atoms with van der Waals surface area (Å²) in [5, 5.41) is 2.24. The highest BCUT2D eigenvalue weighted by Gasteiger charge is 2.17. The van der Waals surface area contributed by atoms with Crippen molar-refractivity contribution in [2.75, 3.05) is 13.6 Å². The molecule has 0 fully saturated rings. The molecule has 0 heterocycles. The molecule has 3 rings (SSSR count). The number of carbonyl (C=O) groups is 1. The Hall–Kier alpha value is -3.14. The van der Waals surface area contributed by atoms with E-state index in [2.05, 4.69) is 10.6 Å². The van der Waals surface area contributed by atoms with Crippen LogP contribution in [-0.4, -0.2) is 32.8 Å². The lowest BCUT2D eigenvalue weighted by Crippen LogP contribution is -2.27. The molecule has 0 saturated carbocycles. The van der Waals surface area contributed by atoms with Gasteiger partial charge in [0.2, 0.25) is 10.0 Å². The van der Waals surface area contributed by atoms with E-state index in [1.165, 1.54) is 12.1 Å². The minimum absolute atomic E-state index is 0.00713. The van der Waals surface area contributed by atoms with Crippen molar-refractivity contribution in [2.45, 2.75) is 11.4 Å². The molecular weight excluding hydrogens is 372 g/mol. The molecule has 1 amide bonds. The summed E-state index contributed by atoms with van der Waals surface area (Å²) in [4.78, 5) is 14.4. The third-order valence-electron chi connectivity index (χ3n) is 4.34. The minimum Gasteiger partial charge on any atom is -0.337 e. The van der Waals surface area contributed by atoms with Gasteiger partial charge in [-0.2, -0.15) is 4.72 Å². The van der Waals surface area contributed by atoms with Gasteiger partial charge in [0.1, 0.15) is 0 Å². The number of fused-ring (bicyclic) bond motifs is 1. The van der Waals surface area contributed by atoms with Gasteiger partial charge in [-0.25, -0.2) is 8.42 Å². The van der Waals surface area contributed by atoms with Gasteiger partial charge in [-0.15, -0.1) is 6.42 Å². The summed E-state index contributed by atoms with van der Waals surface area (Å²) in [6.07, 6.45) is 5.10. The summed E-state index contributed by atoms with van der Waals surface area (Å²) >= 11 is 0. The maximum Gasteiger partial charge on any atom is 0.253 e. The Labute approximate surface area is 165 Å². The summed E-state index contributed by atoms with van der Waals surface area (Å²) < 4.78 is 26.7. The molecule has 3 aromatic carbocycles. The van der Waals surface area contributed by atoms with E-state index < -0.39 is 10.0 Å². The van der Waals surface area contributed by atoms with Gasteiger partial charge in [-0.05, 0) is 40.6 Å². The molecule has 0 saturated heterocycles. The van der Waals surface area contributed by atoms with Gasteiger partial charge in [-0.1, -0.05) is 48.4 Å². The smallest absolute Gasteiger partial charge is 0.253 e. The first-order valence-corrected chi connectivity index (χ1v) is 10.2. The Morgan fingerprint density at radius 2 is 1.79 bits per heavy atom. The molecule has 0 aromatic heterocycles. The van der Waals surface area contributed by atoms with Crippen LogP contribution in [0.5, 0.6) is 0 Å². The second-order valence-electron chi connectivity index (χ2n) is 6.40. The van der Waals surface area contributed by atoms with Crippen LogP contribution in [0, 0.1) is 12.3 Å². The summed E-state index contributed by atoms with van der Waals surface area (Å²) in [7, 11) is -2.06. The Morgan fingerprint density at radius 1 is 1.04 bits per heavy atom. The summed E-state index contributed by atoms with van der Waals surface area (Å²) in [5.74, 6) is 1.96. The first kappa shape index (κ1) is 19.6. The van der Waals surface area contributed by atoms with Crippen molar-refractivity contribution in [1.29, 1.82) is 0 Å². The van der Waals surface area contributed by atoms with Gasteiger partial charge >= 0.3 is 0 Å². The first-order valence-electron chi connectivity index (χ1n) is 8.67. The number of terminal acetylenes is 1. The topological polar surface area (TPSA) is 66.5 Å². The zero-order valence-electron chi connectivity index (χ0n) is 15.4. The number of nitrogens with zero attached hydrogens (tertiary/aromatic N) is 1. The Balaban J connectivity index is 1.79. The van der Waals surface area contributed by atoms with Crippen molar-refractivity contribution < 1.29 is 13.2 Å². The van der Waals surface area contributed by atoms with Gasteiger partial charge in [0, 0.05) is 19.2 Å². The van der Waals surface area contributed by atoms with Crippen LogP contribution in [0.3, 0.4) is 0 Å². The third kappa shape index (κ3) is 4.39. The largest absolute Gasteiger partial charge is 0.337 e. The molecule has 0 spiro atoms. The molecule has 0 unspecified atom stereocenters. The van der Waals surface area contributed by atoms with Crippen molar-refractivity contribution in [3.8, 4) is 12.3 Å². The molecule has 0 radical (unpaired) electrons. The Bertz CT molecular complexity index is 1160. The lowest BCUT2D eigenvalue weighted by atomic mass is 10.1. The fraction of sp³-hybridized carbons (Fsp3) is 0.136. The second-order valence-corrected chi connectivity index (χ2v) is 8.17. The standard InChI is InChI=1S/C22H20N2O3S/c1-3-13-23-28(26,27)21-10-6-9-20(15-21)22(25)24(2)16-17-11-12-18-7-4-5-8-19(18)14-17/h1,4-12,14-15,23H,13,16H2,2H3. The zero-order valence-corrected chi connectivity index (χ0v) is 16.2. The predicted molar refractivity (Wildman–Crippen MR) is 110 cm³/mol. The van der Waals surface area contributed by atoms with Crippen molar-refractivity contribution in [1.82, 2.24) is 9.62 Å². The van der Waals surface area contributed by atoms with Gasteiger partial charge in [-0.3, -0.25) is 4.79 Å². The van der Waals surface area contributed by atoms with E-state index in [9.17, 15) is 13.2 Å². The Kier molecular flexibility index (Phi) is 5.78. The summed E-state index contributed by atoms with van der Waals surface area (Å²) in [5.41, 5.74) is 1.29. The van der Waals surface area contributed by atoms with Crippen molar-refractivity contribution in [3.05, 3.63) is 77.9 Å². The van der Waals surface area contributed by atoms with Gasteiger partial charge in [0.15, 0.2) is 0 Å². The highest BCUT2D eigenvalue weighted by atomic mass is 32.2. The molecule has 28 heavy (non-hydrogen) atoms. The number of sulfonamides is 1. The zero-order chi connectivity index (χ0) is 20.1. The SMILES string of the molecule is C#CCNS(=O)(=O)c1cccc(C(=O)N(C)Cc2ccc3ccccc3c2)c1. The minimum atomic E-state index is -3.75. The average molecular weight is 392 g/mol. The van der Waals surface area contributed by atoms with E-state index in [1.54, 1.807) is 24.1 Å². The van der Waals surface area contributed by atoms with Gasteiger partial charge < -0.3 is 4.90 Å². The third-order valence-corrected chi connectivity index (χ3v) is 5.73. The summed E-state index contributed by atoms with van der Waals surface area (Å²) in [6, 6.07) is 20.0. The van der Waals surface area contributed by atoms with Crippen LogP contribution in [0.2, 0.25) is 0 Å². The van der Waals surface area contributed by atoms with Crippen LogP contribution in [0.15, 0.2) is 71.6 Å².